The fourth-order valence-electron chi connectivity index (χ4n) is 5.66. The average molecular weight is 460 g/mol. The van der Waals surface area contributed by atoms with Crippen LogP contribution in [0.1, 0.15) is 75.1 Å². The molecular weight excluding hydrogens is 418 g/mol. The fourth-order valence-corrected chi connectivity index (χ4v) is 5.66. The second-order valence-electron chi connectivity index (χ2n) is 9.99. The second-order valence-corrected chi connectivity index (χ2v) is 9.99. The van der Waals surface area contributed by atoms with Gasteiger partial charge in [0.15, 0.2) is 5.82 Å². The number of hydrogen-bond donors (Lipinski definition) is 0. The Labute approximate surface area is 205 Å². The standard InChI is InChI=1S/C29H41N5/c1-5-7-14-23(13-6-2)27-28(24-15-11-9-8-10-12-16-24)34-22-30-21-26(34)29(31-27)33-19-17-25(18-20-33)32(3)4/h5-7,13-14,21-22,24-25H,1-2,8-12,15-20H2,3-4H3/b14-7-,23-13+. The summed E-state index contributed by atoms with van der Waals surface area (Å²) in [6.45, 7) is 9.91. The molecule has 5 nitrogen and oxygen atoms in total. The lowest BCUT2D eigenvalue weighted by Crippen LogP contribution is -2.42. The first-order valence-corrected chi connectivity index (χ1v) is 13.0. The minimum absolute atomic E-state index is 0.485. The molecular formula is C29H41N5. The summed E-state index contributed by atoms with van der Waals surface area (Å²) in [6.07, 6.45) is 25.2. The van der Waals surface area contributed by atoms with Crippen molar-refractivity contribution in [2.45, 2.75) is 69.7 Å². The first-order valence-electron chi connectivity index (χ1n) is 13.0. The van der Waals surface area contributed by atoms with E-state index in [1.165, 1.54) is 50.6 Å². The van der Waals surface area contributed by atoms with Gasteiger partial charge in [0, 0.05) is 30.6 Å². The molecule has 0 unspecified atom stereocenters. The smallest absolute Gasteiger partial charge is 0.155 e. The summed E-state index contributed by atoms with van der Waals surface area (Å²) in [6, 6.07) is 0.637. The minimum atomic E-state index is 0.485. The number of allylic oxidation sites excluding steroid dienone is 6. The minimum Gasteiger partial charge on any atom is -0.355 e. The van der Waals surface area contributed by atoms with Gasteiger partial charge in [0.25, 0.3) is 0 Å². The topological polar surface area (TPSA) is 36.7 Å². The zero-order valence-electron chi connectivity index (χ0n) is 21.1. The third-order valence-electron chi connectivity index (χ3n) is 7.56. The Hall–Kier alpha value is -2.66. The summed E-state index contributed by atoms with van der Waals surface area (Å²) >= 11 is 0. The van der Waals surface area contributed by atoms with Gasteiger partial charge >= 0.3 is 0 Å². The number of rotatable bonds is 7. The molecule has 2 aromatic rings. The molecule has 1 aliphatic heterocycles. The van der Waals surface area contributed by atoms with Crippen LogP contribution in [0.15, 0.2) is 56.1 Å². The molecule has 2 aromatic heterocycles. The predicted octanol–water partition coefficient (Wildman–Crippen LogP) is 6.40. The van der Waals surface area contributed by atoms with Gasteiger partial charge in [-0.2, -0.15) is 0 Å². The molecule has 34 heavy (non-hydrogen) atoms. The molecule has 0 bridgehead atoms. The molecule has 0 amide bonds. The van der Waals surface area contributed by atoms with Crippen LogP contribution in [0.3, 0.4) is 0 Å². The number of piperidine rings is 1. The average Bonchev–Trinajstić information content (AvgIpc) is 3.31. The van der Waals surface area contributed by atoms with Gasteiger partial charge < -0.3 is 9.80 Å². The Balaban J connectivity index is 1.84. The van der Waals surface area contributed by atoms with Crippen LogP contribution in [0.2, 0.25) is 0 Å². The van der Waals surface area contributed by atoms with Crippen LogP contribution in [-0.2, 0) is 0 Å². The van der Waals surface area contributed by atoms with Crippen molar-refractivity contribution in [1.82, 2.24) is 19.3 Å². The van der Waals surface area contributed by atoms with E-state index in [1.54, 1.807) is 0 Å². The zero-order chi connectivity index (χ0) is 23.9. The van der Waals surface area contributed by atoms with Crippen molar-refractivity contribution in [2.24, 2.45) is 0 Å². The Morgan fingerprint density at radius 3 is 2.35 bits per heavy atom. The highest BCUT2D eigenvalue weighted by Gasteiger charge is 2.28. The third-order valence-corrected chi connectivity index (χ3v) is 7.56. The Bertz CT molecular complexity index is 1030. The Morgan fingerprint density at radius 2 is 1.71 bits per heavy atom. The van der Waals surface area contributed by atoms with E-state index in [-0.39, 0.29) is 0 Å². The van der Waals surface area contributed by atoms with Crippen LogP contribution >= 0.6 is 0 Å². The Morgan fingerprint density at radius 1 is 1.00 bits per heavy atom. The van der Waals surface area contributed by atoms with Gasteiger partial charge in [0.05, 0.1) is 23.9 Å². The largest absolute Gasteiger partial charge is 0.355 e. The molecule has 2 aliphatic rings. The summed E-state index contributed by atoms with van der Waals surface area (Å²) in [4.78, 5) is 14.9. The van der Waals surface area contributed by atoms with E-state index in [4.69, 9.17) is 4.98 Å². The van der Waals surface area contributed by atoms with Gasteiger partial charge in [0.1, 0.15) is 5.52 Å². The fraction of sp³-hybridized carbons (Fsp3) is 0.517. The van der Waals surface area contributed by atoms with Gasteiger partial charge in [0.2, 0.25) is 0 Å². The first-order chi connectivity index (χ1) is 16.6. The van der Waals surface area contributed by atoms with Crippen molar-refractivity contribution in [2.75, 3.05) is 32.1 Å². The van der Waals surface area contributed by atoms with Crippen LogP contribution in [0.25, 0.3) is 11.1 Å². The normalized spacial score (nSPS) is 19.6. The first kappa shape index (κ1) is 24.5. The van der Waals surface area contributed by atoms with Gasteiger partial charge in [-0.25, -0.2) is 9.97 Å². The van der Waals surface area contributed by atoms with Gasteiger partial charge in [-0.1, -0.05) is 75.6 Å². The molecule has 1 aliphatic carbocycles. The summed E-state index contributed by atoms with van der Waals surface area (Å²) in [5, 5.41) is 0. The van der Waals surface area contributed by atoms with Crippen LogP contribution in [-0.4, -0.2) is 52.5 Å². The number of anilines is 1. The summed E-state index contributed by atoms with van der Waals surface area (Å²) in [5.74, 6) is 1.54. The Kier molecular flexibility index (Phi) is 8.39. The van der Waals surface area contributed by atoms with Crippen molar-refractivity contribution in [3.05, 3.63) is 67.4 Å². The van der Waals surface area contributed by atoms with E-state index < -0.39 is 0 Å². The number of aromatic nitrogens is 3. The molecule has 4 rings (SSSR count). The molecule has 3 heterocycles. The van der Waals surface area contributed by atoms with Crippen molar-refractivity contribution < 1.29 is 0 Å². The highest BCUT2D eigenvalue weighted by atomic mass is 15.2. The van der Waals surface area contributed by atoms with Crippen LogP contribution in [0.5, 0.6) is 0 Å². The van der Waals surface area contributed by atoms with E-state index in [2.05, 4.69) is 58.6 Å². The molecule has 0 N–H and O–H groups in total. The van der Waals surface area contributed by atoms with Crippen molar-refractivity contribution in [3.8, 4) is 0 Å². The molecule has 0 radical (unpaired) electrons. The van der Waals surface area contributed by atoms with Gasteiger partial charge in [-0.3, -0.25) is 4.40 Å². The number of nitrogens with zero attached hydrogens (tertiary/aromatic N) is 5. The molecule has 0 atom stereocenters. The summed E-state index contributed by atoms with van der Waals surface area (Å²) in [5.41, 5.74) is 4.60. The number of fused-ring (bicyclic) bond motifs is 1. The maximum Gasteiger partial charge on any atom is 0.155 e. The van der Waals surface area contributed by atoms with E-state index >= 15 is 0 Å². The molecule has 1 saturated heterocycles. The van der Waals surface area contributed by atoms with Crippen molar-refractivity contribution >= 4 is 16.9 Å². The van der Waals surface area contributed by atoms with E-state index in [0.717, 1.165) is 48.5 Å². The zero-order valence-corrected chi connectivity index (χ0v) is 21.1. The van der Waals surface area contributed by atoms with Crippen molar-refractivity contribution in [1.29, 1.82) is 0 Å². The summed E-state index contributed by atoms with van der Waals surface area (Å²) in [7, 11) is 4.38. The molecule has 182 valence electrons. The van der Waals surface area contributed by atoms with E-state index in [1.807, 2.05) is 30.8 Å². The number of hydrogen-bond acceptors (Lipinski definition) is 4. The molecule has 5 heteroatoms. The van der Waals surface area contributed by atoms with Gasteiger partial charge in [-0.15, -0.1) is 0 Å². The van der Waals surface area contributed by atoms with Gasteiger partial charge in [-0.05, 0) is 39.8 Å². The second kappa shape index (κ2) is 11.7. The number of imidazole rings is 1. The maximum absolute atomic E-state index is 5.42. The molecule has 0 aromatic carbocycles. The molecule has 2 fully saturated rings. The molecule has 1 saturated carbocycles. The van der Waals surface area contributed by atoms with Crippen molar-refractivity contribution in [3.63, 3.8) is 0 Å². The third kappa shape index (κ3) is 5.35. The lowest BCUT2D eigenvalue weighted by atomic mass is 9.86. The monoisotopic (exact) mass is 459 g/mol. The van der Waals surface area contributed by atoms with Crippen LogP contribution < -0.4 is 4.90 Å². The molecule has 0 spiro atoms. The summed E-state index contributed by atoms with van der Waals surface area (Å²) < 4.78 is 2.35. The van der Waals surface area contributed by atoms with E-state index in [9.17, 15) is 0 Å². The predicted molar refractivity (Wildman–Crippen MR) is 144 cm³/mol. The van der Waals surface area contributed by atoms with E-state index in [0.29, 0.717) is 12.0 Å². The lowest BCUT2D eigenvalue weighted by molar-refractivity contribution is 0.249. The maximum atomic E-state index is 5.42. The van der Waals surface area contributed by atoms with Crippen LogP contribution in [0, 0.1) is 0 Å². The highest BCUT2D eigenvalue weighted by Crippen LogP contribution is 2.38. The SMILES string of the molecule is C=C/C=C\C(=C/C=C)c1nc(N2CCC(N(C)C)CC2)c2cncn2c1C1CCCCCCC1. The lowest BCUT2D eigenvalue weighted by Gasteiger charge is -2.36. The van der Waals surface area contributed by atoms with Crippen LogP contribution in [0.4, 0.5) is 5.82 Å². The quantitative estimate of drug-likeness (QED) is 0.449. The highest BCUT2D eigenvalue weighted by molar-refractivity contribution is 5.79.